The van der Waals surface area contributed by atoms with Gasteiger partial charge in [0.1, 0.15) is 5.60 Å². The van der Waals surface area contributed by atoms with Crippen molar-refractivity contribution in [3.8, 4) is 0 Å². The topological polar surface area (TPSA) is 85.8 Å². The summed E-state index contributed by atoms with van der Waals surface area (Å²) >= 11 is 1.49. The van der Waals surface area contributed by atoms with Gasteiger partial charge in [-0.3, -0.25) is 4.79 Å². The van der Waals surface area contributed by atoms with E-state index in [-0.39, 0.29) is 42.6 Å². The van der Waals surface area contributed by atoms with Crippen molar-refractivity contribution in [2.45, 2.75) is 25.6 Å². The summed E-state index contributed by atoms with van der Waals surface area (Å²) in [5.41, 5.74) is -0.962. The molecule has 0 aliphatic carbocycles. The highest BCUT2D eigenvalue weighted by molar-refractivity contribution is 14.0. The van der Waals surface area contributed by atoms with Gasteiger partial charge in [0.2, 0.25) is 0 Å². The lowest BCUT2D eigenvalue weighted by Crippen LogP contribution is -2.42. The monoisotopic (exact) mass is 570 g/mol. The second-order valence-electron chi connectivity index (χ2n) is 6.74. The van der Waals surface area contributed by atoms with Crippen molar-refractivity contribution in [2.24, 2.45) is 4.99 Å². The van der Waals surface area contributed by atoms with E-state index in [1.54, 1.807) is 6.92 Å². The minimum atomic E-state index is -4.44. The minimum Gasteiger partial charge on any atom is -0.383 e. The van der Waals surface area contributed by atoms with Crippen LogP contribution in [0.5, 0.6) is 0 Å². The third-order valence-electron chi connectivity index (χ3n) is 4.21. The zero-order valence-corrected chi connectivity index (χ0v) is 20.3. The van der Waals surface area contributed by atoms with Gasteiger partial charge in [0, 0.05) is 25.2 Å². The number of guanidine groups is 1. The number of hydrogen-bond donors (Lipinski definition) is 4. The molecule has 4 N–H and O–H groups in total. The molecule has 0 bridgehead atoms. The normalized spacial score (nSPS) is 13.7. The highest BCUT2D eigenvalue weighted by Gasteiger charge is 2.30. The first kappa shape index (κ1) is 27.2. The number of hydrogen-bond acceptors (Lipinski definition) is 4. The zero-order valence-electron chi connectivity index (χ0n) is 17.1. The van der Waals surface area contributed by atoms with E-state index in [0.29, 0.717) is 19.0 Å². The molecule has 0 radical (unpaired) electrons. The van der Waals surface area contributed by atoms with Crippen LogP contribution in [0.1, 0.15) is 35.3 Å². The van der Waals surface area contributed by atoms with E-state index in [1.807, 2.05) is 23.8 Å². The second kappa shape index (κ2) is 12.2. The summed E-state index contributed by atoms with van der Waals surface area (Å²) in [5.74, 6) is 0.0182. The van der Waals surface area contributed by atoms with E-state index in [1.165, 1.54) is 11.3 Å². The Morgan fingerprint density at radius 3 is 2.26 bits per heavy atom. The van der Waals surface area contributed by atoms with E-state index in [9.17, 15) is 23.1 Å². The van der Waals surface area contributed by atoms with Gasteiger partial charge in [-0.1, -0.05) is 0 Å². The Morgan fingerprint density at radius 1 is 1.06 bits per heavy atom. The lowest BCUT2D eigenvalue weighted by atomic mass is 10.00. The van der Waals surface area contributed by atoms with Gasteiger partial charge in [-0.15, -0.1) is 24.0 Å². The van der Waals surface area contributed by atoms with Crippen LogP contribution < -0.4 is 16.0 Å². The molecule has 0 aliphatic rings. The predicted octanol–water partition coefficient (Wildman–Crippen LogP) is 3.58. The Labute approximate surface area is 200 Å². The largest absolute Gasteiger partial charge is 0.416 e. The molecule has 172 valence electrons. The van der Waals surface area contributed by atoms with Crippen LogP contribution >= 0.6 is 35.3 Å². The number of rotatable bonds is 8. The lowest BCUT2D eigenvalue weighted by molar-refractivity contribution is -0.137. The van der Waals surface area contributed by atoms with Crippen molar-refractivity contribution in [1.29, 1.82) is 0 Å². The number of amides is 1. The molecule has 0 aliphatic heterocycles. The molecule has 0 saturated heterocycles. The SMILES string of the molecule is CCNC(=NCC(C)(O)c1ccsc1)NCCNC(=O)c1ccc(C(F)(F)F)cc1.I. The molecular formula is C20H26F3IN4O2S. The Hall–Kier alpha value is -1.86. The molecule has 11 heteroatoms. The Kier molecular flexibility index (Phi) is 10.7. The number of alkyl halides is 3. The highest BCUT2D eigenvalue weighted by atomic mass is 127. The molecule has 2 aromatic rings. The van der Waals surface area contributed by atoms with Gasteiger partial charge in [0.25, 0.3) is 5.91 Å². The van der Waals surface area contributed by atoms with Crippen molar-refractivity contribution in [3.05, 3.63) is 57.8 Å². The number of carbonyl (C=O) groups is 1. The molecule has 1 amide bonds. The smallest absolute Gasteiger partial charge is 0.383 e. The number of aliphatic imine (C=N–C) groups is 1. The Bertz CT molecular complexity index is 841. The van der Waals surface area contributed by atoms with Gasteiger partial charge < -0.3 is 21.1 Å². The van der Waals surface area contributed by atoms with Gasteiger partial charge in [-0.25, -0.2) is 4.99 Å². The van der Waals surface area contributed by atoms with Gasteiger partial charge in [-0.05, 0) is 60.5 Å². The van der Waals surface area contributed by atoms with Crippen molar-refractivity contribution < 1.29 is 23.1 Å². The predicted molar refractivity (Wildman–Crippen MR) is 127 cm³/mol. The van der Waals surface area contributed by atoms with Gasteiger partial charge >= 0.3 is 6.18 Å². The van der Waals surface area contributed by atoms with Crippen LogP contribution in [0.4, 0.5) is 13.2 Å². The van der Waals surface area contributed by atoms with Crippen LogP contribution in [0.2, 0.25) is 0 Å². The quantitative estimate of drug-likeness (QED) is 0.169. The maximum Gasteiger partial charge on any atom is 0.416 e. The fourth-order valence-electron chi connectivity index (χ4n) is 2.51. The van der Waals surface area contributed by atoms with Gasteiger partial charge in [0.05, 0.1) is 12.1 Å². The number of halogens is 4. The molecule has 6 nitrogen and oxygen atoms in total. The number of benzene rings is 1. The molecule has 1 aromatic heterocycles. The fourth-order valence-corrected chi connectivity index (χ4v) is 3.29. The van der Waals surface area contributed by atoms with Crippen LogP contribution in [-0.2, 0) is 11.8 Å². The van der Waals surface area contributed by atoms with Crippen LogP contribution in [0.15, 0.2) is 46.1 Å². The molecule has 1 unspecified atom stereocenters. The van der Waals surface area contributed by atoms with Crippen LogP contribution in [0.25, 0.3) is 0 Å². The molecule has 0 fully saturated rings. The average molecular weight is 570 g/mol. The summed E-state index contributed by atoms with van der Waals surface area (Å²) in [6.07, 6.45) is -4.44. The average Bonchev–Trinajstić information content (AvgIpc) is 3.24. The highest BCUT2D eigenvalue weighted by Crippen LogP contribution is 2.29. The standard InChI is InChI=1S/C20H25F3N4O2S.HI/c1-3-24-18(27-13-19(2,29)16-8-11-30-12-16)26-10-9-25-17(28)14-4-6-15(7-5-14)20(21,22)23;/h4-8,11-12,29H,3,9-10,13H2,1-2H3,(H,25,28)(H2,24,26,27);1H. The molecule has 1 atom stereocenters. The summed E-state index contributed by atoms with van der Waals surface area (Å²) < 4.78 is 37.7. The maximum absolute atomic E-state index is 12.6. The summed E-state index contributed by atoms with van der Waals surface area (Å²) in [6.45, 7) is 4.94. The number of carbonyl (C=O) groups excluding carboxylic acids is 1. The van der Waals surface area contributed by atoms with Crippen molar-refractivity contribution in [2.75, 3.05) is 26.2 Å². The zero-order chi connectivity index (χ0) is 22.2. The second-order valence-corrected chi connectivity index (χ2v) is 7.52. The molecule has 1 heterocycles. The van der Waals surface area contributed by atoms with Crippen molar-refractivity contribution in [3.63, 3.8) is 0 Å². The summed E-state index contributed by atoms with van der Waals surface area (Å²) in [5, 5.41) is 23.0. The molecule has 31 heavy (non-hydrogen) atoms. The Morgan fingerprint density at radius 2 is 1.71 bits per heavy atom. The summed E-state index contributed by atoms with van der Waals surface area (Å²) in [4.78, 5) is 16.4. The van der Waals surface area contributed by atoms with Crippen molar-refractivity contribution >= 4 is 47.2 Å². The molecule has 0 saturated carbocycles. The third kappa shape index (κ3) is 8.65. The minimum absolute atomic E-state index is 0. The molecule has 1 aromatic carbocycles. The van der Waals surface area contributed by atoms with Crippen LogP contribution in [0.3, 0.4) is 0 Å². The molecular weight excluding hydrogens is 544 g/mol. The molecule has 0 spiro atoms. The fraction of sp³-hybridized carbons (Fsp3) is 0.400. The third-order valence-corrected chi connectivity index (χ3v) is 4.89. The number of aliphatic hydroxyl groups is 1. The van der Waals surface area contributed by atoms with Crippen LogP contribution in [-0.4, -0.2) is 43.2 Å². The molecule has 2 rings (SSSR count). The first-order chi connectivity index (χ1) is 14.1. The van der Waals surface area contributed by atoms with E-state index < -0.39 is 23.2 Å². The number of nitrogens with one attached hydrogen (secondary N) is 3. The summed E-state index contributed by atoms with van der Waals surface area (Å²) in [6, 6.07) is 5.88. The van der Waals surface area contributed by atoms with E-state index in [2.05, 4.69) is 20.9 Å². The van der Waals surface area contributed by atoms with Crippen LogP contribution in [0, 0.1) is 0 Å². The number of thiophene rings is 1. The van der Waals surface area contributed by atoms with Gasteiger partial charge in [0.15, 0.2) is 5.96 Å². The first-order valence-corrected chi connectivity index (χ1v) is 10.3. The maximum atomic E-state index is 12.6. The van der Waals surface area contributed by atoms with E-state index in [0.717, 1.165) is 29.8 Å². The van der Waals surface area contributed by atoms with E-state index in [4.69, 9.17) is 0 Å². The number of nitrogens with zero attached hydrogens (tertiary/aromatic N) is 1. The summed E-state index contributed by atoms with van der Waals surface area (Å²) in [7, 11) is 0. The first-order valence-electron chi connectivity index (χ1n) is 9.36. The van der Waals surface area contributed by atoms with Gasteiger partial charge in [-0.2, -0.15) is 24.5 Å². The lowest BCUT2D eigenvalue weighted by Gasteiger charge is -2.21. The van der Waals surface area contributed by atoms with Crippen molar-refractivity contribution in [1.82, 2.24) is 16.0 Å². The van der Waals surface area contributed by atoms with E-state index >= 15 is 0 Å². The Balaban J connectivity index is 0.00000480.